The van der Waals surface area contributed by atoms with Crippen LogP contribution >= 0.6 is 11.3 Å². The second kappa shape index (κ2) is 4.93. The van der Waals surface area contributed by atoms with Crippen LogP contribution in [0.15, 0.2) is 42.5 Å². The van der Waals surface area contributed by atoms with Gasteiger partial charge in [-0.15, -0.1) is 11.3 Å². The lowest BCUT2D eigenvalue weighted by Crippen LogP contribution is -1.98. The Hall–Kier alpha value is -2.01. The van der Waals surface area contributed by atoms with Crippen molar-refractivity contribution in [2.75, 3.05) is 5.32 Å². The summed E-state index contributed by atoms with van der Waals surface area (Å²) in [5.41, 5.74) is 1.07. The number of hydrogen-bond acceptors (Lipinski definition) is 3. The van der Waals surface area contributed by atoms with E-state index >= 15 is 0 Å². The highest BCUT2D eigenvalue weighted by atomic mass is 32.1. The topological polar surface area (TPSA) is 24.9 Å². The Kier molecular flexibility index (Phi) is 3.13. The molecule has 0 aliphatic heterocycles. The Morgan fingerprint density at radius 1 is 1.05 bits per heavy atom. The van der Waals surface area contributed by atoms with Crippen LogP contribution in [0.25, 0.3) is 10.2 Å². The van der Waals surface area contributed by atoms with Gasteiger partial charge in [0.2, 0.25) is 0 Å². The molecule has 1 N–H and O–H groups in total. The van der Waals surface area contributed by atoms with Crippen LogP contribution in [0.5, 0.6) is 0 Å². The first-order chi connectivity index (χ1) is 9.24. The number of fused-ring (bicyclic) bond motifs is 1. The molecule has 0 bridgehead atoms. The van der Waals surface area contributed by atoms with Gasteiger partial charge in [0.05, 0.1) is 11.2 Å². The minimum atomic E-state index is -0.875. The van der Waals surface area contributed by atoms with Crippen LogP contribution in [0.2, 0.25) is 0 Å². The molecule has 0 amide bonds. The van der Waals surface area contributed by atoms with Crippen molar-refractivity contribution in [3.05, 3.63) is 59.1 Å². The summed E-state index contributed by atoms with van der Waals surface area (Å²) in [7, 11) is 0. The van der Waals surface area contributed by atoms with Gasteiger partial charge in [-0.2, -0.15) is 0 Å². The molecule has 0 spiro atoms. The number of benzene rings is 2. The molecule has 0 radical (unpaired) electrons. The van der Waals surface area contributed by atoms with Gasteiger partial charge in [-0.05, 0) is 24.3 Å². The van der Waals surface area contributed by atoms with Crippen molar-refractivity contribution in [1.29, 1.82) is 0 Å². The van der Waals surface area contributed by atoms with Gasteiger partial charge in [-0.25, -0.2) is 13.8 Å². The average Bonchev–Trinajstić information content (AvgIpc) is 2.86. The number of halogens is 2. The SMILES string of the molecule is Fc1ccc2sc(CNc3ccccc3)nc2c1F. The zero-order valence-electron chi connectivity index (χ0n) is 9.86. The highest BCUT2D eigenvalue weighted by Crippen LogP contribution is 2.26. The number of nitrogens with zero attached hydrogens (tertiary/aromatic N) is 1. The molecule has 2 nitrogen and oxygen atoms in total. The van der Waals surface area contributed by atoms with Crippen LogP contribution in [-0.2, 0) is 6.54 Å². The molecule has 96 valence electrons. The molecule has 0 atom stereocenters. The molecule has 0 unspecified atom stereocenters. The summed E-state index contributed by atoms with van der Waals surface area (Å²) in [6.07, 6.45) is 0. The maximum atomic E-state index is 13.5. The molecule has 19 heavy (non-hydrogen) atoms. The molecule has 0 aliphatic rings. The second-order valence-electron chi connectivity index (χ2n) is 4.04. The monoisotopic (exact) mass is 276 g/mol. The van der Waals surface area contributed by atoms with Gasteiger partial charge in [-0.1, -0.05) is 18.2 Å². The summed E-state index contributed by atoms with van der Waals surface area (Å²) < 4.78 is 27.3. The van der Waals surface area contributed by atoms with E-state index < -0.39 is 11.6 Å². The summed E-state index contributed by atoms with van der Waals surface area (Å²) in [5.74, 6) is -1.74. The first kappa shape index (κ1) is 12.0. The summed E-state index contributed by atoms with van der Waals surface area (Å²) in [4.78, 5) is 4.13. The van der Waals surface area contributed by atoms with E-state index in [1.54, 1.807) is 6.07 Å². The number of para-hydroxylation sites is 1. The largest absolute Gasteiger partial charge is 0.379 e. The van der Waals surface area contributed by atoms with Crippen molar-refractivity contribution in [1.82, 2.24) is 4.98 Å². The Morgan fingerprint density at radius 2 is 1.84 bits per heavy atom. The van der Waals surface area contributed by atoms with E-state index in [4.69, 9.17) is 0 Å². The molecule has 3 rings (SSSR count). The van der Waals surface area contributed by atoms with Gasteiger partial charge in [0.15, 0.2) is 11.6 Å². The number of aromatic nitrogens is 1. The number of thiazole rings is 1. The van der Waals surface area contributed by atoms with E-state index in [0.717, 1.165) is 16.8 Å². The van der Waals surface area contributed by atoms with Gasteiger partial charge in [0, 0.05) is 5.69 Å². The molecular formula is C14H10F2N2S. The van der Waals surface area contributed by atoms with Gasteiger partial charge in [0.25, 0.3) is 0 Å². The van der Waals surface area contributed by atoms with Gasteiger partial charge >= 0.3 is 0 Å². The van der Waals surface area contributed by atoms with Gasteiger partial charge < -0.3 is 5.32 Å². The lowest BCUT2D eigenvalue weighted by Gasteiger charge is -2.02. The fourth-order valence-corrected chi connectivity index (χ4v) is 2.70. The Morgan fingerprint density at radius 3 is 2.63 bits per heavy atom. The lowest BCUT2D eigenvalue weighted by molar-refractivity contribution is 0.515. The number of nitrogens with one attached hydrogen (secondary N) is 1. The molecule has 2 aromatic carbocycles. The molecule has 5 heteroatoms. The summed E-state index contributed by atoms with van der Waals surface area (Å²) in [6, 6.07) is 12.3. The molecule has 1 heterocycles. The Balaban J connectivity index is 1.84. The second-order valence-corrected chi connectivity index (χ2v) is 5.15. The van der Waals surface area contributed by atoms with E-state index in [1.807, 2.05) is 30.3 Å². The maximum absolute atomic E-state index is 13.5. The van der Waals surface area contributed by atoms with Crippen LogP contribution < -0.4 is 5.32 Å². The molecule has 0 saturated heterocycles. The molecule has 0 aliphatic carbocycles. The summed E-state index contributed by atoms with van der Waals surface area (Å²) >= 11 is 1.36. The van der Waals surface area contributed by atoms with Crippen molar-refractivity contribution in [2.24, 2.45) is 0 Å². The highest BCUT2D eigenvalue weighted by molar-refractivity contribution is 7.18. The molecular weight excluding hydrogens is 266 g/mol. The zero-order chi connectivity index (χ0) is 13.2. The fourth-order valence-electron chi connectivity index (χ4n) is 1.79. The normalized spacial score (nSPS) is 10.8. The third-order valence-corrected chi connectivity index (χ3v) is 3.73. The molecule has 3 aromatic rings. The smallest absolute Gasteiger partial charge is 0.185 e. The van der Waals surface area contributed by atoms with Gasteiger partial charge in [-0.3, -0.25) is 0 Å². The fraction of sp³-hybridized carbons (Fsp3) is 0.0714. The van der Waals surface area contributed by atoms with E-state index in [9.17, 15) is 8.78 Å². The number of rotatable bonds is 3. The average molecular weight is 276 g/mol. The minimum absolute atomic E-state index is 0.106. The van der Waals surface area contributed by atoms with E-state index in [-0.39, 0.29) is 5.52 Å². The summed E-state index contributed by atoms with van der Waals surface area (Å²) in [5, 5.41) is 3.91. The van der Waals surface area contributed by atoms with Crippen LogP contribution in [0.1, 0.15) is 5.01 Å². The van der Waals surface area contributed by atoms with Crippen molar-refractivity contribution < 1.29 is 8.78 Å². The third kappa shape index (κ3) is 2.42. The van der Waals surface area contributed by atoms with E-state index in [0.29, 0.717) is 11.2 Å². The Labute approximate surface area is 112 Å². The van der Waals surface area contributed by atoms with Crippen LogP contribution in [0.4, 0.5) is 14.5 Å². The number of anilines is 1. The van der Waals surface area contributed by atoms with Crippen molar-refractivity contribution in [2.45, 2.75) is 6.54 Å². The third-order valence-electron chi connectivity index (χ3n) is 2.71. The predicted octanol–water partition coefficient (Wildman–Crippen LogP) is 4.19. The van der Waals surface area contributed by atoms with Gasteiger partial charge in [0.1, 0.15) is 10.5 Å². The van der Waals surface area contributed by atoms with E-state index in [1.165, 1.54) is 11.3 Å². The van der Waals surface area contributed by atoms with Crippen molar-refractivity contribution >= 4 is 27.2 Å². The number of hydrogen-bond donors (Lipinski definition) is 1. The molecule has 1 aromatic heterocycles. The first-order valence-electron chi connectivity index (χ1n) is 5.76. The van der Waals surface area contributed by atoms with Crippen molar-refractivity contribution in [3.63, 3.8) is 0 Å². The minimum Gasteiger partial charge on any atom is -0.379 e. The molecule has 0 fully saturated rings. The lowest BCUT2D eigenvalue weighted by atomic mass is 10.3. The molecule has 0 saturated carbocycles. The standard InChI is InChI=1S/C14H10F2N2S/c15-10-6-7-11-14(13(10)16)18-12(19-11)8-17-9-4-2-1-3-5-9/h1-7,17H,8H2. The van der Waals surface area contributed by atoms with Crippen LogP contribution in [-0.4, -0.2) is 4.98 Å². The van der Waals surface area contributed by atoms with Crippen LogP contribution in [0.3, 0.4) is 0 Å². The zero-order valence-corrected chi connectivity index (χ0v) is 10.7. The summed E-state index contributed by atoms with van der Waals surface area (Å²) in [6.45, 7) is 0.490. The van der Waals surface area contributed by atoms with E-state index in [2.05, 4.69) is 10.3 Å². The Bertz CT molecular complexity index is 710. The maximum Gasteiger partial charge on any atom is 0.185 e. The highest BCUT2D eigenvalue weighted by Gasteiger charge is 2.12. The first-order valence-corrected chi connectivity index (χ1v) is 6.58. The van der Waals surface area contributed by atoms with Crippen LogP contribution in [0, 0.1) is 11.6 Å². The quantitative estimate of drug-likeness (QED) is 0.776. The van der Waals surface area contributed by atoms with Crippen molar-refractivity contribution in [3.8, 4) is 0 Å². The predicted molar refractivity (Wildman–Crippen MR) is 73.3 cm³/mol.